The molecule has 0 radical (unpaired) electrons. The number of benzene rings is 2. The number of rotatable bonds is 1. The summed E-state index contributed by atoms with van der Waals surface area (Å²) < 4.78 is 5.89. The first-order valence-electron chi connectivity index (χ1n) is 14.7. The van der Waals surface area contributed by atoms with Crippen LogP contribution >= 0.6 is 11.6 Å². The summed E-state index contributed by atoms with van der Waals surface area (Å²) in [5.74, 6) is 0.676. The Labute approximate surface area is 238 Å². The fraction of sp³-hybridized carbons (Fsp3) is 0.543. The molecule has 0 saturated carbocycles. The zero-order valence-electron chi connectivity index (χ0n) is 25.0. The Bertz CT molecular complexity index is 1490. The van der Waals surface area contributed by atoms with Crippen molar-refractivity contribution in [1.29, 1.82) is 0 Å². The van der Waals surface area contributed by atoms with Crippen molar-refractivity contribution in [2.75, 3.05) is 7.11 Å². The minimum Gasteiger partial charge on any atom is -0.480 e. The van der Waals surface area contributed by atoms with Gasteiger partial charge in [-0.3, -0.25) is 0 Å². The largest absolute Gasteiger partial charge is 0.480 e. The summed E-state index contributed by atoms with van der Waals surface area (Å²) in [6, 6.07) is 10.2. The van der Waals surface area contributed by atoms with Crippen molar-refractivity contribution >= 4 is 11.6 Å². The third-order valence-electron chi connectivity index (χ3n) is 11.1. The maximum absolute atomic E-state index is 6.96. The van der Waals surface area contributed by atoms with Gasteiger partial charge in [0.25, 0.3) is 0 Å². The van der Waals surface area contributed by atoms with Gasteiger partial charge in [0.1, 0.15) is 0 Å². The van der Waals surface area contributed by atoms with Crippen LogP contribution in [-0.2, 0) is 21.7 Å². The quantitative estimate of drug-likeness (QED) is 0.213. The third-order valence-corrected chi connectivity index (χ3v) is 11.4. The van der Waals surface area contributed by atoms with Crippen LogP contribution < -0.4 is 4.74 Å². The molecule has 0 saturated heterocycles. The highest BCUT2D eigenvalue weighted by molar-refractivity contribution is 6.30. The van der Waals surface area contributed by atoms with Gasteiger partial charge >= 0.3 is 0 Å². The van der Waals surface area contributed by atoms with Crippen LogP contribution in [0.4, 0.5) is 0 Å². The van der Waals surface area contributed by atoms with E-state index < -0.39 is 0 Å². The number of halogens is 1. The second kappa shape index (κ2) is 7.66. The van der Waals surface area contributed by atoms with Crippen LogP contribution in [0.25, 0.3) is 0 Å². The van der Waals surface area contributed by atoms with Crippen LogP contribution in [0, 0.1) is 0 Å². The minimum absolute atomic E-state index is 0.0316. The van der Waals surface area contributed by atoms with Gasteiger partial charge in [-0.15, -0.1) is 10.2 Å². The summed E-state index contributed by atoms with van der Waals surface area (Å²) in [5.41, 5.74) is 14.4. The van der Waals surface area contributed by atoms with Crippen molar-refractivity contribution < 1.29 is 4.74 Å². The lowest BCUT2D eigenvalue weighted by Crippen LogP contribution is -2.38. The van der Waals surface area contributed by atoms with Gasteiger partial charge in [0.2, 0.25) is 5.88 Å². The van der Waals surface area contributed by atoms with Crippen molar-refractivity contribution in [3.05, 3.63) is 85.1 Å². The van der Waals surface area contributed by atoms with Crippen LogP contribution in [0.3, 0.4) is 0 Å². The first-order valence-corrected chi connectivity index (χ1v) is 15.0. The van der Waals surface area contributed by atoms with Gasteiger partial charge in [0, 0.05) is 23.0 Å². The molecule has 3 aromatic rings. The van der Waals surface area contributed by atoms with Crippen molar-refractivity contribution in [1.82, 2.24) is 10.2 Å². The molecule has 0 N–H and O–H groups in total. The van der Waals surface area contributed by atoms with Crippen molar-refractivity contribution in [2.24, 2.45) is 0 Å². The maximum Gasteiger partial charge on any atom is 0.237 e. The SMILES string of the molecule is COc1nnc(Cl)c2c1C1c3cc4c(cc3C2c2cc3c(cc21)C(C)(C)CCC3(C)C)C(C)(C)CCC4(C)C. The Morgan fingerprint density at radius 2 is 0.923 bits per heavy atom. The van der Waals surface area contributed by atoms with Gasteiger partial charge in [-0.1, -0.05) is 91.3 Å². The monoisotopic (exact) mass is 540 g/mol. The van der Waals surface area contributed by atoms with Crippen LogP contribution in [0.2, 0.25) is 5.15 Å². The average molecular weight is 541 g/mol. The Morgan fingerprint density at radius 3 is 1.26 bits per heavy atom. The average Bonchev–Trinajstić information content (AvgIpc) is 2.88. The molecule has 2 bridgehead atoms. The second-order valence-electron chi connectivity index (χ2n) is 15.3. The first kappa shape index (κ1) is 25.6. The predicted octanol–water partition coefficient (Wildman–Crippen LogP) is 8.82. The number of nitrogens with zero attached hydrogens (tertiary/aromatic N) is 2. The summed E-state index contributed by atoms with van der Waals surface area (Å²) >= 11 is 6.96. The molecule has 4 heteroatoms. The lowest BCUT2D eigenvalue weighted by molar-refractivity contribution is 0.329. The molecule has 2 aromatic carbocycles. The van der Waals surface area contributed by atoms with Crippen molar-refractivity contribution in [2.45, 2.75) is 115 Å². The first-order chi connectivity index (χ1) is 18.2. The molecule has 39 heavy (non-hydrogen) atoms. The smallest absolute Gasteiger partial charge is 0.237 e. The molecular formula is C35H41ClN2O. The van der Waals surface area contributed by atoms with Crippen molar-refractivity contribution in [3.8, 4) is 5.88 Å². The number of fused-ring (bicyclic) bond motifs is 2. The molecule has 5 aliphatic carbocycles. The van der Waals surface area contributed by atoms with E-state index >= 15 is 0 Å². The van der Waals surface area contributed by atoms with Gasteiger partial charge in [-0.25, -0.2) is 0 Å². The highest BCUT2D eigenvalue weighted by Crippen LogP contribution is 2.62. The lowest BCUT2D eigenvalue weighted by atomic mass is 9.55. The second-order valence-corrected chi connectivity index (χ2v) is 15.6. The van der Waals surface area contributed by atoms with E-state index in [-0.39, 0.29) is 33.5 Å². The van der Waals surface area contributed by atoms with E-state index in [1.54, 1.807) is 7.11 Å². The third kappa shape index (κ3) is 3.29. The van der Waals surface area contributed by atoms with Gasteiger partial charge in [-0.2, -0.15) is 0 Å². The topological polar surface area (TPSA) is 35.0 Å². The van der Waals surface area contributed by atoms with Crippen LogP contribution in [0.15, 0.2) is 24.3 Å². The van der Waals surface area contributed by atoms with Gasteiger partial charge < -0.3 is 4.74 Å². The van der Waals surface area contributed by atoms with E-state index in [1.165, 1.54) is 70.2 Å². The van der Waals surface area contributed by atoms with Crippen LogP contribution in [-0.4, -0.2) is 17.3 Å². The summed E-state index contributed by atoms with van der Waals surface area (Å²) in [4.78, 5) is 0. The van der Waals surface area contributed by atoms with E-state index in [0.29, 0.717) is 11.0 Å². The predicted molar refractivity (Wildman–Crippen MR) is 159 cm³/mol. The molecular weight excluding hydrogens is 500 g/mol. The maximum atomic E-state index is 6.96. The van der Waals surface area contributed by atoms with Crippen LogP contribution in [0.1, 0.15) is 149 Å². The minimum atomic E-state index is 0.0316. The van der Waals surface area contributed by atoms with E-state index in [2.05, 4.69) is 89.9 Å². The molecule has 0 unspecified atom stereocenters. The number of methoxy groups -OCH3 is 1. The van der Waals surface area contributed by atoms with Crippen LogP contribution in [0.5, 0.6) is 5.88 Å². The Morgan fingerprint density at radius 1 is 0.590 bits per heavy atom. The standard InChI is InChI=1S/C35H41ClN2O/c1-32(2)10-12-34(5,6)24-16-20-18(14-22(24)32)26-19-15-23-25(35(7,8)13-11-33(23,3)4)17-21(19)27(20)29-28(26)30(36)37-38-31(29)39-9/h14-17,26-27H,10-13H2,1-9H3. The highest BCUT2D eigenvalue weighted by Gasteiger charge is 2.49. The zero-order chi connectivity index (χ0) is 27.9. The molecule has 5 aliphatic rings. The van der Waals surface area contributed by atoms with E-state index in [9.17, 15) is 0 Å². The van der Waals surface area contributed by atoms with Gasteiger partial charge in [0.15, 0.2) is 5.15 Å². The summed E-state index contributed by atoms with van der Waals surface area (Å²) in [5, 5.41) is 9.35. The highest BCUT2D eigenvalue weighted by atomic mass is 35.5. The zero-order valence-corrected chi connectivity index (χ0v) is 25.7. The van der Waals surface area contributed by atoms with Crippen molar-refractivity contribution in [3.63, 3.8) is 0 Å². The fourth-order valence-corrected chi connectivity index (χ4v) is 8.63. The molecule has 1 heterocycles. The molecule has 0 fully saturated rings. The molecule has 0 aliphatic heterocycles. The number of hydrogen-bond acceptors (Lipinski definition) is 3. The van der Waals surface area contributed by atoms with Gasteiger partial charge in [0.05, 0.1) is 7.11 Å². The molecule has 0 atom stereocenters. The Balaban J connectivity index is 1.59. The number of aromatic nitrogens is 2. The van der Waals surface area contributed by atoms with E-state index in [1.807, 2.05) is 0 Å². The van der Waals surface area contributed by atoms with Gasteiger partial charge in [-0.05, 0) is 91.9 Å². The van der Waals surface area contributed by atoms with E-state index in [0.717, 1.165) is 11.1 Å². The molecule has 3 nitrogen and oxygen atoms in total. The lowest BCUT2D eigenvalue weighted by Gasteiger charge is -2.49. The molecule has 0 spiro atoms. The number of ether oxygens (including phenoxy) is 1. The summed E-state index contributed by atoms with van der Waals surface area (Å²) in [6.07, 6.45) is 4.79. The Hall–Kier alpha value is -2.39. The molecule has 204 valence electrons. The normalized spacial score (nSPS) is 25.6. The van der Waals surface area contributed by atoms with E-state index in [4.69, 9.17) is 16.3 Å². The molecule has 0 amide bonds. The fourth-order valence-electron chi connectivity index (χ4n) is 8.38. The molecule has 8 rings (SSSR count). The molecule has 1 aromatic heterocycles. The Kier molecular flexibility index (Phi) is 5.02. The number of hydrogen-bond donors (Lipinski definition) is 0. The summed E-state index contributed by atoms with van der Waals surface area (Å²) in [6.45, 7) is 19.3. The summed E-state index contributed by atoms with van der Waals surface area (Å²) in [7, 11) is 1.71.